The summed E-state index contributed by atoms with van der Waals surface area (Å²) in [5.41, 5.74) is 5.45. The van der Waals surface area contributed by atoms with Crippen LogP contribution in [0.2, 0.25) is 0 Å². The maximum atomic E-state index is 12.4. The molecule has 0 saturated carbocycles. The number of carbonyl (C=O) groups excluding carboxylic acids is 1. The lowest BCUT2D eigenvalue weighted by molar-refractivity contribution is 0.0996. The molecule has 0 unspecified atom stereocenters. The number of benzene rings is 2. The van der Waals surface area contributed by atoms with Crippen LogP contribution in [0.15, 0.2) is 77.4 Å². The molecule has 154 valence electrons. The van der Waals surface area contributed by atoms with E-state index in [0.29, 0.717) is 5.95 Å². The first kappa shape index (κ1) is 18.9. The third kappa shape index (κ3) is 3.73. The molecule has 4 aromatic rings. The number of nitrogens with zero attached hydrogens (tertiary/aromatic N) is 3. The highest BCUT2D eigenvalue weighted by Gasteiger charge is 2.26. The average molecular weight is 411 g/mol. The van der Waals surface area contributed by atoms with E-state index in [-0.39, 0.29) is 17.8 Å². The first-order chi connectivity index (χ1) is 15.1. The molecule has 0 aliphatic carbocycles. The second kappa shape index (κ2) is 7.60. The molecule has 1 aliphatic rings. The van der Waals surface area contributed by atoms with Crippen LogP contribution in [0, 0.1) is 13.8 Å². The summed E-state index contributed by atoms with van der Waals surface area (Å²) in [6, 6.07) is 19.7. The van der Waals surface area contributed by atoms with Crippen molar-refractivity contribution in [1.82, 2.24) is 14.8 Å². The number of nitrogens with one attached hydrogen (secondary N) is 2. The molecule has 0 spiro atoms. The molecular formula is C24H21N5O2. The Hall–Kier alpha value is -4.13. The van der Waals surface area contributed by atoms with Crippen LogP contribution in [-0.2, 0) is 0 Å². The van der Waals surface area contributed by atoms with Crippen LogP contribution in [0.3, 0.4) is 0 Å². The number of anilines is 2. The van der Waals surface area contributed by atoms with Gasteiger partial charge < -0.3 is 9.73 Å². The minimum atomic E-state index is -0.397. The van der Waals surface area contributed by atoms with Gasteiger partial charge in [-0.05, 0) is 43.2 Å². The number of aryl methyl sites for hydroxylation is 2. The van der Waals surface area contributed by atoms with Crippen LogP contribution in [0.5, 0.6) is 0 Å². The van der Waals surface area contributed by atoms with E-state index in [1.807, 2.05) is 0 Å². The van der Waals surface area contributed by atoms with Crippen LogP contribution in [0.1, 0.15) is 38.9 Å². The van der Waals surface area contributed by atoms with Crippen LogP contribution in [0.4, 0.5) is 11.9 Å². The van der Waals surface area contributed by atoms with Gasteiger partial charge in [0, 0.05) is 5.70 Å². The molecule has 7 heteroatoms. The van der Waals surface area contributed by atoms with E-state index >= 15 is 0 Å². The van der Waals surface area contributed by atoms with Crippen LogP contribution in [0.25, 0.3) is 5.70 Å². The van der Waals surface area contributed by atoms with E-state index in [9.17, 15) is 4.79 Å². The molecule has 2 aromatic heterocycles. The van der Waals surface area contributed by atoms with Crippen molar-refractivity contribution in [3.63, 3.8) is 0 Å². The maximum Gasteiger partial charge on any atom is 0.293 e. The second-order valence-corrected chi connectivity index (χ2v) is 7.56. The van der Waals surface area contributed by atoms with Gasteiger partial charge in [0.25, 0.3) is 11.9 Å². The van der Waals surface area contributed by atoms with Crippen molar-refractivity contribution in [3.05, 3.63) is 101 Å². The molecule has 0 saturated heterocycles. The van der Waals surface area contributed by atoms with E-state index in [1.165, 1.54) is 17.4 Å². The maximum absolute atomic E-state index is 12.4. The summed E-state index contributed by atoms with van der Waals surface area (Å²) in [7, 11) is 0. The first-order valence-electron chi connectivity index (χ1n) is 10.0. The Kier molecular flexibility index (Phi) is 4.63. The van der Waals surface area contributed by atoms with Gasteiger partial charge in [-0.25, -0.2) is 4.68 Å². The molecule has 0 radical (unpaired) electrons. The van der Waals surface area contributed by atoms with Gasteiger partial charge in [-0.3, -0.25) is 10.1 Å². The van der Waals surface area contributed by atoms with Gasteiger partial charge in [-0.15, -0.1) is 5.10 Å². The second-order valence-electron chi connectivity index (χ2n) is 7.56. The van der Waals surface area contributed by atoms with Crippen molar-refractivity contribution in [3.8, 4) is 0 Å². The number of fused-ring (bicyclic) bond motifs is 1. The number of carbonyl (C=O) groups is 1. The zero-order valence-corrected chi connectivity index (χ0v) is 17.2. The third-order valence-corrected chi connectivity index (χ3v) is 5.22. The zero-order valence-electron chi connectivity index (χ0n) is 17.2. The SMILES string of the molecule is Cc1ccc(C2=C[C@H](c3ccc(C)cc3)n3nc(NC(=O)c4ccco4)nc3N2)cc1. The number of rotatable bonds is 4. The van der Waals surface area contributed by atoms with Crippen molar-refractivity contribution in [1.29, 1.82) is 0 Å². The Morgan fingerprint density at radius 2 is 1.74 bits per heavy atom. The highest BCUT2D eigenvalue weighted by Crippen LogP contribution is 2.33. The molecular weight excluding hydrogens is 390 g/mol. The van der Waals surface area contributed by atoms with Crippen molar-refractivity contribution in [2.45, 2.75) is 19.9 Å². The predicted molar refractivity (Wildman–Crippen MR) is 119 cm³/mol. The van der Waals surface area contributed by atoms with E-state index in [2.05, 4.69) is 89.2 Å². The molecule has 31 heavy (non-hydrogen) atoms. The summed E-state index contributed by atoms with van der Waals surface area (Å²) in [5.74, 6) is 0.568. The number of aromatic nitrogens is 3. The predicted octanol–water partition coefficient (Wildman–Crippen LogP) is 4.80. The van der Waals surface area contributed by atoms with Gasteiger partial charge in [0.05, 0.1) is 6.26 Å². The van der Waals surface area contributed by atoms with Gasteiger partial charge >= 0.3 is 0 Å². The monoisotopic (exact) mass is 411 g/mol. The molecule has 2 aromatic carbocycles. The van der Waals surface area contributed by atoms with Gasteiger partial charge in [-0.1, -0.05) is 59.7 Å². The lowest BCUT2D eigenvalue weighted by Gasteiger charge is -2.24. The lowest BCUT2D eigenvalue weighted by atomic mass is 10.0. The van der Waals surface area contributed by atoms with Crippen LogP contribution in [-0.4, -0.2) is 20.7 Å². The number of amides is 1. The number of hydrogen-bond donors (Lipinski definition) is 2. The Labute approximate surface area is 179 Å². The van der Waals surface area contributed by atoms with E-state index in [1.54, 1.807) is 16.8 Å². The van der Waals surface area contributed by atoms with Crippen LogP contribution >= 0.6 is 0 Å². The fraction of sp³-hybridized carbons (Fsp3) is 0.125. The summed E-state index contributed by atoms with van der Waals surface area (Å²) < 4.78 is 6.93. The number of hydrogen-bond acceptors (Lipinski definition) is 5. The van der Waals surface area contributed by atoms with Crippen molar-refractivity contribution >= 4 is 23.5 Å². The highest BCUT2D eigenvalue weighted by atomic mass is 16.3. The van der Waals surface area contributed by atoms with E-state index in [0.717, 1.165) is 16.8 Å². The quantitative estimate of drug-likeness (QED) is 0.504. The molecule has 7 nitrogen and oxygen atoms in total. The molecule has 2 N–H and O–H groups in total. The fourth-order valence-corrected chi connectivity index (χ4v) is 3.52. The van der Waals surface area contributed by atoms with Crippen molar-refractivity contribution in [2.24, 2.45) is 0 Å². The average Bonchev–Trinajstić information content (AvgIpc) is 3.44. The molecule has 0 bridgehead atoms. The molecule has 5 rings (SSSR count). The topological polar surface area (TPSA) is 85.0 Å². The normalized spacial score (nSPS) is 15.0. The summed E-state index contributed by atoms with van der Waals surface area (Å²) in [6.45, 7) is 4.12. The summed E-state index contributed by atoms with van der Waals surface area (Å²) in [6.07, 6.45) is 3.57. The smallest absolute Gasteiger partial charge is 0.293 e. The molecule has 1 amide bonds. The van der Waals surface area contributed by atoms with Gasteiger partial charge in [0.1, 0.15) is 6.04 Å². The van der Waals surface area contributed by atoms with Crippen molar-refractivity contribution < 1.29 is 9.21 Å². The molecule has 1 atom stereocenters. The zero-order chi connectivity index (χ0) is 21.4. The largest absolute Gasteiger partial charge is 0.459 e. The number of allylic oxidation sites excluding steroid dienone is 1. The molecule has 1 aliphatic heterocycles. The third-order valence-electron chi connectivity index (χ3n) is 5.22. The lowest BCUT2D eigenvalue weighted by Crippen LogP contribution is -2.20. The summed E-state index contributed by atoms with van der Waals surface area (Å²) >= 11 is 0. The minimum Gasteiger partial charge on any atom is -0.459 e. The van der Waals surface area contributed by atoms with Gasteiger partial charge in [0.2, 0.25) is 5.95 Å². The van der Waals surface area contributed by atoms with Crippen molar-refractivity contribution in [2.75, 3.05) is 10.6 Å². The fourth-order valence-electron chi connectivity index (χ4n) is 3.52. The molecule has 0 fully saturated rings. The Bertz CT molecular complexity index is 1250. The van der Waals surface area contributed by atoms with E-state index in [4.69, 9.17) is 4.42 Å². The Morgan fingerprint density at radius 3 is 2.42 bits per heavy atom. The highest BCUT2D eigenvalue weighted by molar-refractivity contribution is 6.01. The standard InChI is InChI=1S/C24H21N5O2/c1-15-5-9-17(10-6-15)19-14-20(18-11-7-16(2)8-12-18)29-24(25-19)27-23(28-29)26-22(30)21-4-3-13-31-21/h3-14,20H,1-2H3,(H2,25,26,27,28,30)/t20-/m1/s1. The Balaban J connectivity index is 1.53. The Morgan fingerprint density at radius 1 is 1.03 bits per heavy atom. The number of furan rings is 1. The minimum absolute atomic E-state index is 0.171. The van der Waals surface area contributed by atoms with Gasteiger partial charge in [0.15, 0.2) is 5.76 Å². The molecule has 3 heterocycles. The summed E-state index contributed by atoms with van der Waals surface area (Å²) in [5, 5.41) is 10.6. The van der Waals surface area contributed by atoms with Gasteiger partial charge in [-0.2, -0.15) is 4.98 Å². The van der Waals surface area contributed by atoms with Crippen LogP contribution < -0.4 is 10.6 Å². The van der Waals surface area contributed by atoms with E-state index < -0.39 is 5.91 Å². The first-order valence-corrected chi connectivity index (χ1v) is 10.0. The summed E-state index contributed by atoms with van der Waals surface area (Å²) in [4.78, 5) is 16.9.